The number of benzene rings is 1. The topological polar surface area (TPSA) is 81.3 Å². The molecule has 154 valence electrons. The van der Waals surface area contributed by atoms with Gasteiger partial charge in [-0.15, -0.1) is 23.1 Å². The number of nitrogens with one attached hydrogen (secondary N) is 1. The average Bonchev–Trinajstić information content (AvgIpc) is 3.23. The second-order valence-electron chi connectivity index (χ2n) is 6.91. The molecule has 3 heterocycles. The first kappa shape index (κ1) is 20.4. The zero-order chi connectivity index (χ0) is 21.3. The summed E-state index contributed by atoms with van der Waals surface area (Å²) in [4.78, 5) is 29.9. The number of thiazole rings is 1. The maximum atomic E-state index is 12.5. The summed E-state index contributed by atoms with van der Waals surface area (Å²) in [6.45, 7) is 5.70. The standard InChI is InChI=1S/C21H21N5O2S2/c1-13-10-30-21-22-16(9-19(28)25(13)21)11-29-12-18(27)23-20-14(2)24-26(15(20)3)17-7-5-4-6-8-17/h4-10H,11-12H2,1-3H3,(H,23,27). The number of hydrogen-bond acceptors (Lipinski definition) is 6. The van der Waals surface area contributed by atoms with Crippen LogP contribution >= 0.6 is 23.1 Å². The smallest absolute Gasteiger partial charge is 0.258 e. The molecule has 0 saturated carbocycles. The van der Waals surface area contributed by atoms with E-state index >= 15 is 0 Å². The van der Waals surface area contributed by atoms with Crippen molar-refractivity contribution in [2.24, 2.45) is 0 Å². The summed E-state index contributed by atoms with van der Waals surface area (Å²) in [5.74, 6) is 0.653. The Labute approximate surface area is 181 Å². The summed E-state index contributed by atoms with van der Waals surface area (Å²) in [5.41, 5.74) is 4.81. The molecule has 1 aromatic carbocycles. The molecule has 9 heteroatoms. The molecular formula is C21H21N5O2S2. The number of anilines is 1. The lowest BCUT2D eigenvalue weighted by Gasteiger charge is -2.07. The lowest BCUT2D eigenvalue weighted by molar-refractivity contribution is -0.113. The van der Waals surface area contributed by atoms with Gasteiger partial charge in [0, 0.05) is 22.9 Å². The Morgan fingerprint density at radius 2 is 1.97 bits per heavy atom. The first-order chi connectivity index (χ1) is 14.4. The van der Waals surface area contributed by atoms with Gasteiger partial charge in [0.2, 0.25) is 5.91 Å². The van der Waals surface area contributed by atoms with Gasteiger partial charge < -0.3 is 5.32 Å². The van der Waals surface area contributed by atoms with Crippen molar-refractivity contribution in [3.05, 3.63) is 74.9 Å². The molecule has 4 rings (SSSR count). The highest BCUT2D eigenvalue weighted by atomic mass is 32.2. The second kappa shape index (κ2) is 8.45. The van der Waals surface area contributed by atoms with E-state index in [1.54, 1.807) is 4.40 Å². The van der Waals surface area contributed by atoms with E-state index in [1.807, 2.05) is 61.2 Å². The first-order valence-corrected chi connectivity index (χ1v) is 11.4. The lowest BCUT2D eigenvalue weighted by Crippen LogP contribution is -2.16. The summed E-state index contributed by atoms with van der Waals surface area (Å²) in [6.07, 6.45) is 0. The van der Waals surface area contributed by atoms with Gasteiger partial charge in [0.1, 0.15) is 0 Å². The van der Waals surface area contributed by atoms with E-state index in [2.05, 4.69) is 15.4 Å². The molecule has 0 aliphatic rings. The fourth-order valence-electron chi connectivity index (χ4n) is 3.24. The number of para-hydroxylation sites is 1. The molecule has 1 N–H and O–H groups in total. The largest absolute Gasteiger partial charge is 0.322 e. The Hall–Kier alpha value is -2.91. The van der Waals surface area contributed by atoms with Crippen LogP contribution in [0, 0.1) is 20.8 Å². The van der Waals surface area contributed by atoms with E-state index in [0.29, 0.717) is 16.4 Å². The Kier molecular flexibility index (Phi) is 5.74. The van der Waals surface area contributed by atoms with Crippen molar-refractivity contribution < 1.29 is 4.79 Å². The number of carbonyl (C=O) groups excluding carboxylic acids is 1. The Balaban J connectivity index is 1.40. The number of carbonyl (C=O) groups is 1. The molecule has 4 aromatic rings. The summed E-state index contributed by atoms with van der Waals surface area (Å²) in [7, 11) is 0. The molecule has 0 radical (unpaired) electrons. The van der Waals surface area contributed by atoms with Crippen molar-refractivity contribution in [3.8, 4) is 5.69 Å². The molecule has 3 aromatic heterocycles. The van der Waals surface area contributed by atoms with Crippen LogP contribution in [0.2, 0.25) is 0 Å². The van der Waals surface area contributed by atoms with Crippen LogP contribution in [0.1, 0.15) is 22.8 Å². The van der Waals surface area contributed by atoms with Gasteiger partial charge in [-0.3, -0.25) is 14.0 Å². The maximum absolute atomic E-state index is 12.5. The molecule has 7 nitrogen and oxygen atoms in total. The van der Waals surface area contributed by atoms with E-state index in [-0.39, 0.29) is 17.2 Å². The lowest BCUT2D eigenvalue weighted by atomic mass is 10.3. The van der Waals surface area contributed by atoms with Gasteiger partial charge in [0.05, 0.1) is 34.2 Å². The van der Waals surface area contributed by atoms with Crippen LogP contribution in [0.4, 0.5) is 5.69 Å². The fraction of sp³-hybridized carbons (Fsp3) is 0.238. The first-order valence-electron chi connectivity index (χ1n) is 9.40. The monoisotopic (exact) mass is 439 g/mol. The molecule has 0 unspecified atom stereocenters. The number of nitrogens with zero attached hydrogens (tertiary/aromatic N) is 4. The van der Waals surface area contributed by atoms with Crippen molar-refractivity contribution in [1.82, 2.24) is 19.2 Å². The highest BCUT2D eigenvalue weighted by molar-refractivity contribution is 7.99. The Morgan fingerprint density at radius 3 is 2.73 bits per heavy atom. The maximum Gasteiger partial charge on any atom is 0.258 e. The van der Waals surface area contributed by atoms with E-state index in [1.165, 1.54) is 29.2 Å². The van der Waals surface area contributed by atoms with Gasteiger partial charge in [-0.05, 0) is 32.9 Å². The SMILES string of the molecule is Cc1nn(-c2ccccc2)c(C)c1NC(=O)CSCc1cc(=O)n2c(C)csc2n1. The zero-order valence-corrected chi connectivity index (χ0v) is 18.5. The van der Waals surface area contributed by atoms with Gasteiger partial charge in [-0.2, -0.15) is 5.10 Å². The number of hydrogen-bond donors (Lipinski definition) is 1. The third-order valence-electron chi connectivity index (χ3n) is 4.67. The van der Waals surface area contributed by atoms with Crippen molar-refractivity contribution in [2.75, 3.05) is 11.1 Å². The fourth-order valence-corrected chi connectivity index (χ4v) is 4.85. The Morgan fingerprint density at radius 1 is 1.20 bits per heavy atom. The second-order valence-corrected chi connectivity index (χ2v) is 8.74. The van der Waals surface area contributed by atoms with E-state index in [0.717, 1.165) is 28.5 Å². The summed E-state index contributed by atoms with van der Waals surface area (Å²) >= 11 is 2.87. The van der Waals surface area contributed by atoms with E-state index < -0.39 is 0 Å². The number of rotatable bonds is 6. The molecule has 1 amide bonds. The number of thioether (sulfide) groups is 1. The van der Waals surface area contributed by atoms with Gasteiger partial charge in [-0.25, -0.2) is 9.67 Å². The number of aromatic nitrogens is 4. The number of fused-ring (bicyclic) bond motifs is 1. The summed E-state index contributed by atoms with van der Waals surface area (Å²) < 4.78 is 3.43. The molecule has 0 spiro atoms. The van der Waals surface area contributed by atoms with Crippen molar-refractivity contribution >= 4 is 39.7 Å². The molecule has 0 saturated heterocycles. The van der Waals surface area contributed by atoms with Gasteiger partial charge in [0.15, 0.2) is 4.96 Å². The number of amides is 1. The van der Waals surface area contributed by atoms with Crippen molar-refractivity contribution in [2.45, 2.75) is 26.5 Å². The third kappa shape index (κ3) is 4.03. The van der Waals surface area contributed by atoms with Crippen LogP contribution in [0.15, 0.2) is 46.6 Å². The average molecular weight is 440 g/mol. The quantitative estimate of drug-likeness (QED) is 0.495. The van der Waals surface area contributed by atoms with Crippen LogP contribution in [-0.2, 0) is 10.5 Å². The predicted molar refractivity (Wildman–Crippen MR) is 122 cm³/mol. The van der Waals surface area contributed by atoms with Crippen LogP contribution in [0.3, 0.4) is 0 Å². The molecule has 0 aliphatic carbocycles. The minimum Gasteiger partial charge on any atom is -0.322 e. The summed E-state index contributed by atoms with van der Waals surface area (Å²) in [5, 5.41) is 9.43. The van der Waals surface area contributed by atoms with Crippen molar-refractivity contribution in [3.63, 3.8) is 0 Å². The van der Waals surface area contributed by atoms with Gasteiger partial charge in [0.25, 0.3) is 5.56 Å². The highest BCUT2D eigenvalue weighted by Gasteiger charge is 2.15. The van der Waals surface area contributed by atoms with Crippen LogP contribution in [0.25, 0.3) is 10.6 Å². The van der Waals surface area contributed by atoms with Crippen LogP contribution in [-0.4, -0.2) is 30.8 Å². The van der Waals surface area contributed by atoms with Gasteiger partial charge >= 0.3 is 0 Å². The minimum atomic E-state index is -0.108. The van der Waals surface area contributed by atoms with Gasteiger partial charge in [-0.1, -0.05) is 18.2 Å². The normalized spacial score (nSPS) is 11.2. The number of aryl methyl sites for hydroxylation is 2. The van der Waals surface area contributed by atoms with E-state index in [9.17, 15) is 9.59 Å². The minimum absolute atomic E-state index is 0.0848. The zero-order valence-electron chi connectivity index (χ0n) is 16.9. The van der Waals surface area contributed by atoms with Crippen LogP contribution < -0.4 is 10.9 Å². The summed E-state index contributed by atoms with van der Waals surface area (Å²) in [6, 6.07) is 11.3. The molecule has 0 bridgehead atoms. The molecular weight excluding hydrogens is 418 g/mol. The molecule has 0 aliphatic heterocycles. The Bertz CT molecular complexity index is 1270. The molecule has 0 atom stereocenters. The highest BCUT2D eigenvalue weighted by Crippen LogP contribution is 2.23. The van der Waals surface area contributed by atoms with Crippen LogP contribution in [0.5, 0.6) is 0 Å². The van der Waals surface area contributed by atoms with E-state index in [4.69, 9.17) is 0 Å². The molecule has 30 heavy (non-hydrogen) atoms. The van der Waals surface area contributed by atoms with Crippen molar-refractivity contribution in [1.29, 1.82) is 0 Å². The predicted octanol–water partition coefficient (Wildman–Crippen LogP) is 3.74. The molecule has 0 fully saturated rings. The third-order valence-corrected chi connectivity index (χ3v) is 6.58.